The summed E-state index contributed by atoms with van der Waals surface area (Å²) in [6.07, 6.45) is -6.45. The highest BCUT2D eigenvalue weighted by atomic mass is 32.2. The molecule has 0 aliphatic carbocycles. The highest BCUT2D eigenvalue weighted by molar-refractivity contribution is 7.92. The number of sulfonamides is 1. The van der Waals surface area contributed by atoms with Crippen LogP contribution in [-0.2, 0) is 20.9 Å². The van der Waals surface area contributed by atoms with Crippen LogP contribution in [0.1, 0.15) is 26.3 Å². The number of alkyl halides is 3. The van der Waals surface area contributed by atoms with Crippen molar-refractivity contribution in [1.82, 2.24) is 0 Å². The first-order valence-electron chi connectivity index (χ1n) is 9.82. The molecule has 1 atom stereocenters. The predicted molar refractivity (Wildman–Crippen MR) is 114 cm³/mol. The molecule has 1 aliphatic rings. The summed E-state index contributed by atoms with van der Waals surface area (Å²) in [4.78, 5) is 11.5. The molecule has 12 heteroatoms. The number of fused-ring (bicyclic) bond motifs is 1. The van der Waals surface area contributed by atoms with Crippen molar-refractivity contribution in [1.29, 1.82) is 0 Å². The Kier molecular flexibility index (Phi) is 6.53. The molecule has 0 saturated heterocycles. The van der Waals surface area contributed by atoms with E-state index in [1.807, 2.05) is 0 Å². The maximum absolute atomic E-state index is 13.3. The van der Waals surface area contributed by atoms with Gasteiger partial charge in [0.05, 0.1) is 29.3 Å². The largest absolute Gasteiger partial charge is 0.484 e. The normalized spacial score (nSPS) is 16.6. The van der Waals surface area contributed by atoms with Crippen LogP contribution in [0.4, 0.5) is 29.3 Å². The van der Waals surface area contributed by atoms with E-state index in [4.69, 9.17) is 9.47 Å². The first-order valence-corrected chi connectivity index (χ1v) is 11.3. The number of hydrogen-bond acceptors (Lipinski definition) is 6. The van der Waals surface area contributed by atoms with Gasteiger partial charge in [0.25, 0.3) is 10.0 Å². The molecule has 0 bridgehead atoms. The quantitative estimate of drug-likeness (QED) is 0.674. The van der Waals surface area contributed by atoms with Gasteiger partial charge in [-0.1, -0.05) is 6.07 Å². The van der Waals surface area contributed by atoms with Gasteiger partial charge in [0.15, 0.2) is 0 Å². The molecule has 1 aliphatic heterocycles. The Morgan fingerprint density at radius 2 is 1.91 bits per heavy atom. The minimum absolute atomic E-state index is 0.00864. The lowest BCUT2D eigenvalue weighted by atomic mass is 10.2. The second kappa shape index (κ2) is 8.75. The second-order valence-corrected chi connectivity index (χ2v) is 10.2. The van der Waals surface area contributed by atoms with E-state index >= 15 is 0 Å². The summed E-state index contributed by atoms with van der Waals surface area (Å²) in [5, 5.41) is 12.0. The van der Waals surface area contributed by atoms with Gasteiger partial charge in [-0.25, -0.2) is 13.2 Å². The average Bonchev–Trinajstić information content (AvgIpc) is 2.71. The van der Waals surface area contributed by atoms with Crippen molar-refractivity contribution in [3.63, 3.8) is 0 Å². The standard InChI is InChI=1S/C21H23F3N2O6S/c1-20(2,3)32-19(28)25-14-7-8-18-17(10-14)26(11-15(12-27)31-18)33(29,30)16-6-4-5-13(9-16)21(22,23)24/h4-10,15,27H,11-12H2,1-3H3,(H,25,28)/t15-/m1/s1. The molecule has 0 unspecified atom stereocenters. The van der Waals surface area contributed by atoms with Crippen molar-refractivity contribution in [2.24, 2.45) is 0 Å². The van der Waals surface area contributed by atoms with Gasteiger partial charge < -0.3 is 14.6 Å². The molecule has 180 valence electrons. The number of nitrogens with zero attached hydrogens (tertiary/aromatic N) is 1. The van der Waals surface area contributed by atoms with Crippen LogP contribution in [0, 0.1) is 0 Å². The number of aliphatic hydroxyl groups is 1. The number of hydrogen-bond donors (Lipinski definition) is 2. The minimum atomic E-state index is -4.73. The average molecular weight is 488 g/mol. The van der Waals surface area contributed by atoms with Crippen LogP contribution in [0.3, 0.4) is 0 Å². The van der Waals surface area contributed by atoms with Crippen molar-refractivity contribution in [2.75, 3.05) is 22.8 Å². The van der Waals surface area contributed by atoms with Crippen molar-refractivity contribution < 1.29 is 41.0 Å². The lowest BCUT2D eigenvalue weighted by Gasteiger charge is -2.35. The molecule has 0 saturated carbocycles. The third-order valence-electron chi connectivity index (χ3n) is 4.49. The number of carbonyl (C=O) groups excluding carboxylic acids is 1. The SMILES string of the molecule is CC(C)(C)OC(=O)Nc1ccc2c(c1)N(S(=O)(=O)c1cccc(C(F)(F)F)c1)C[C@H](CO)O2. The van der Waals surface area contributed by atoms with Gasteiger partial charge in [-0.05, 0) is 57.2 Å². The van der Waals surface area contributed by atoms with Crippen LogP contribution < -0.4 is 14.4 Å². The van der Waals surface area contributed by atoms with Crippen LogP contribution in [0.2, 0.25) is 0 Å². The maximum Gasteiger partial charge on any atom is 0.416 e. The zero-order chi connectivity index (χ0) is 24.6. The van der Waals surface area contributed by atoms with Crippen LogP contribution in [0.25, 0.3) is 0 Å². The summed E-state index contributed by atoms with van der Waals surface area (Å²) in [5.74, 6) is 0.0746. The highest BCUT2D eigenvalue weighted by Crippen LogP contribution is 2.40. The van der Waals surface area contributed by atoms with E-state index in [2.05, 4.69) is 5.32 Å². The molecule has 0 spiro atoms. The number of amides is 1. The summed E-state index contributed by atoms with van der Waals surface area (Å²) in [5.41, 5.74) is -1.71. The zero-order valence-electron chi connectivity index (χ0n) is 18.0. The van der Waals surface area contributed by atoms with Gasteiger partial charge in [-0.15, -0.1) is 0 Å². The fourth-order valence-corrected chi connectivity index (χ4v) is 4.64. The Bertz CT molecular complexity index is 1150. The van der Waals surface area contributed by atoms with Gasteiger partial charge in [0.2, 0.25) is 0 Å². The molecule has 2 aromatic carbocycles. The van der Waals surface area contributed by atoms with Crippen LogP contribution in [0.5, 0.6) is 5.75 Å². The molecule has 1 amide bonds. The molecule has 2 N–H and O–H groups in total. The Hall–Kier alpha value is -2.99. The zero-order valence-corrected chi connectivity index (χ0v) is 18.8. The Balaban J connectivity index is 2.02. The van der Waals surface area contributed by atoms with Gasteiger partial charge in [-0.3, -0.25) is 9.62 Å². The Morgan fingerprint density at radius 1 is 1.21 bits per heavy atom. The topological polar surface area (TPSA) is 105 Å². The van der Waals surface area contributed by atoms with Crippen LogP contribution >= 0.6 is 0 Å². The number of anilines is 2. The third kappa shape index (κ3) is 5.69. The van der Waals surface area contributed by atoms with Gasteiger partial charge >= 0.3 is 12.3 Å². The fourth-order valence-electron chi connectivity index (χ4n) is 3.09. The summed E-state index contributed by atoms with van der Waals surface area (Å²) >= 11 is 0. The maximum atomic E-state index is 13.3. The highest BCUT2D eigenvalue weighted by Gasteiger charge is 2.37. The summed E-state index contributed by atoms with van der Waals surface area (Å²) < 4.78 is 77.6. The molecule has 8 nitrogen and oxygen atoms in total. The van der Waals surface area contributed by atoms with E-state index < -0.39 is 51.1 Å². The molecular formula is C21H23F3N2O6S. The number of carbonyl (C=O) groups is 1. The summed E-state index contributed by atoms with van der Waals surface area (Å²) in [7, 11) is -4.48. The lowest BCUT2D eigenvalue weighted by molar-refractivity contribution is -0.137. The van der Waals surface area contributed by atoms with Crippen LogP contribution in [0.15, 0.2) is 47.4 Å². The van der Waals surface area contributed by atoms with E-state index in [9.17, 15) is 31.5 Å². The van der Waals surface area contributed by atoms with E-state index in [1.54, 1.807) is 20.8 Å². The van der Waals surface area contributed by atoms with Crippen molar-refractivity contribution in [3.8, 4) is 5.75 Å². The number of aliphatic hydroxyl groups excluding tert-OH is 1. The summed E-state index contributed by atoms with van der Waals surface area (Å²) in [6, 6.07) is 7.50. The van der Waals surface area contributed by atoms with E-state index in [0.29, 0.717) is 6.07 Å². The molecule has 33 heavy (non-hydrogen) atoms. The summed E-state index contributed by atoms with van der Waals surface area (Å²) in [6.45, 7) is 4.15. The van der Waals surface area contributed by atoms with Crippen molar-refractivity contribution in [2.45, 2.75) is 43.5 Å². The van der Waals surface area contributed by atoms with Crippen molar-refractivity contribution in [3.05, 3.63) is 48.0 Å². The molecule has 0 fully saturated rings. The molecule has 0 radical (unpaired) electrons. The van der Waals surface area contributed by atoms with Crippen LogP contribution in [-0.4, -0.2) is 44.5 Å². The van der Waals surface area contributed by atoms with Crippen molar-refractivity contribution >= 4 is 27.5 Å². The first kappa shape index (κ1) is 24.6. The second-order valence-electron chi connectivity index (χ2n) is 8.29. The van der Waals surface area contributed by atoms with E-state index in [-0.39, 0.29) is 23.7 Å². The number of nitrogens with one attached hydrogen (secondary N) is 1. The molecule has 1 heterocycles. The van der Waals surface area contributed by atoms with Gasteiger partial charge in [-0.2, -0.15) is 13.2 Å². The smallest absolute Gasteiger partial charge is 0.416 e. The molecule has 0 aromatic heterocycles. The number of halogens is 3. The fraction of sp³-hybridized carbons (Fsp3) is 0.381. The minimum Gasteiger partial charge on any atom is -0.484 e. The molecule has 3 rings (SSSR count). The van der Waals surface area contributed by atoms with E-state index in [1.165, 1.54) is 18.2 Å². The molecule has 2 aromatic rings. The number of ether oxygens (including phenoxy) is 2. The number of benzene rings is 2. The predicted octanol–water partition coefficient (Wildman–Crippen LogP) is 4.00. The number of rotatable bonds is 4. The lowest BCUT2D eigenvalue weighted by Crippen LogP contribution is -2.45. The molecular weight excluding hydrogens is 465 g/mol. The third-order valence-corrected chi connectivity index (χ3v) is 6.26. The Labute approximate surface area is 189 Å². The van der Waals surface area contributed by atoms with Gasteiger partial charge in [0, 0.05) is 5.69 Å². The monoisotopic (exact) mass is 488 g/mol. The Morgan fingerprint density at radius 3 is 2.52 bits per heavy atom. The first-order chi connectivity index (χ1) is 15.2. The van der Waals surface area contributed by atoms with Gasteiger partial charge in [0.1, 0.15) is 17.5 Å². The van der Waals surface area contributed by atoms with E-state index in [0.717, 1.165) is 22.5 Å².